The molecule has 0 aliphatic carbocycles. The molecule has 2 N–H and O–H groups in total. The van der Waals surface area contributed by atoms with Crippen LogP contribution in [-0.4, -0.2) is 12.6 Å². The van der Waals surface area contributed by atoms with E-state index in [0.717, 1.165) is 6.08 Å². The Balaban J connectivity index is 3.72. The molecule has 7 heavy (non-hydrogen) atoms. The average Bonchev–Trinajstić information content (AvgIpc) is 1.68. The standard InChI is InChI=1S/C4H5NO2/c5-4(3-7)1-2-6/h1-3H,5H2/b4-1+. The maximum Gasteiger partial charge on any atom is 0.165 e. The number of carbonyl (C=O) groups is 2. The van der Waals surface area contributed by atoms with Gasteiger partial charge in [-0.15, -0.1) is 0 Å². The minimum absolute atomic E-state index is 0.0463. The molecule has 0 bridgehead atoms. The zero-order chi connectivity index (χ0) is 5.70. The van der Waals surface area contributed by atoms with E-state index in [2.05, 4.69) is 0 Å². The van der Waals surface area contributed by atoms with Gasteiger partial charge in [-0.25, -0.2) is 0 Å². The number of allylic oxidation sites excluding steroid dienone is 2. The Morgan fingerprint density at radius 3 is 2.14 bits per heavy atom. The number of aldehydes is 2. The highest BCUT2D eigenvalue weighted by molar-refractivity contribution is 5.80. The number of nitrogens with two attached hydrogens (primary N) is 1. The van der Waals surface area contributed by atoms with Crippen molar-refractivity contribution < 1.29 is 9.59 Å². The lowest BCUT2D eigenvalue weighted by atomic mass is 10.5. The lowest BCUT2D eigenvalue weighted by Crippen LogP contribution is -1.96. The molecule has 0 saturated carbocycles. The molecule has 0 atom stereocenters. The predicted octanol–water partition coefficient (Wildman–Crippen LogP) is -0.773. The van der Waals surface area contributed by atoms with Gasteiger partial charge in [-0.1, -0.05) is 0 Å². The van der Waals surface area contributed by atoms with E-state index < -0.39 is 0 Å². The third-order valence-corrected chi connectivity index (χ3v) is 0.397. The van der Waals surface area contributed by atoms with Crippen molar-refractivity contribution in [2.24, 2.45) is 5.73 Å². The molecule has 3 nitrogen and oxygen atoms in total. The van der Waals surface area contributed by atoms with Crippen LogP contribution < -0.4 is 5.73 Å². The van der Waals surface area contributed by atoms with Crippen LogP contribution in [0.2, 0.25) is 0 Å². The Labute approximate surface area is 40.8 Å². The van der Waals surface area contributed by atoms with Crippen LogP contribution in [0.3, 0.4) is 0 Å². The highest BCUT2D eigenvalue weighted by Crippen LogP contribution is 1.67. The molecular formula is C4H5NO2. The molecule has 3 heteroatoms. The lowest BCUT2D eigenvalue weighted by Gasteiger charge is -1.75. The molecule has 0 aliphatic heterocycles. The monoisotopic (exact) mass is 99.0 g/mol. The smallest absolute Gasteiger partial charge is 0.165 e. The summed E-state index contributed by atoms with van der Waals surface area (Å²) in [6.45, 7) is 0. The molecule has 0 aromatic rings. The first kappa shape index (κ1) is 5.88. The Hall–Kier alpha value is -1.12. The molecule has 0 aliphatic rings. The molecule has 0 aromatic heterocycles. The van der Waals surface area contributed by atoms with Crippen molar-refractivity contribution in [3.63, 3.8) is 0 Å². The normalized spacial score (nSPS) is 10.6. The van der Waals surface area contributed by atoms with Gasteiger partial charge < -0.3 is 5.73 Å². The molecule has 0 saturated heterocycles. The van der Waals surface area contributed by atoms with Crippen LogP contribution in [0.15, 0.2) is 11.8 Å². The third kappa shape index (κ3) is 2.69. The zero-order valence-corrected chi connectivity index (χ0v) is 3.63. The first-order valence-electron chi connectivity index (χ1n) is 1.67. The van der Waals surface area contributed by atoms with E-state index in [0.29, 0.717) is 12.6 Å². The van der Waals surface area contributed by atoms with Crippen molar-refractivity contribution in [2.45, 2.75) is 0 Å². The topological polar surface area (TPSA) is 60.2 Å². The van der Waals surface area contributed by atoms with Crippen molar-refractivity contribution in [2.75, 3.05) is 0 Å². The second-order valence-electron chi connectivity index (χ2n) is 0.921. The highest BCUT2D eigenvalue weighted by Gasteiger charge is 1.76. The van der Waals surface area contributed by atoms with Gasteiger partial charge in [0.25, 0.3) is 0 Å². The van der Waals surface area contributed by atoms with Crippen LogP contribution in [0.5, 0.6) is 0 Å². The van der Waals surface area contributed by atoms with Crippen molar-refractivity contribution in [1.82, 2.24) is 0 Å². The van der Waals surface area contributed by atoms with Crippen LogP contribution >= 0.6 is 0 Å². The summed E-state index contributed by atoms with van der Waals surface area (Å²) in [5, 5.41) is 0. The first-order chi connectivity index (χ1) is 3.31. The van der Waals surface area contributed by atoms with E-state index >= 15 is 0 Å². The summed E-state index contributed by atoms with van der Waals surface area (Å²) in [5.41, 5.74) is 4.80. The first-order valence-corrected chi connectivity index (χ1v) is 1.67. The molecule has 0 radical (unpaired) electrons. The maximum atomic E-state index is 9.54. The van der Waals surface area contributed by atoms with E-state index in [4.69, 9.17) is 5.73 Å². The lowest BCUT2D eigenvalue weighted by molar-refractivity contribution is -0.106. The fourth-order valence-electron chi connectivity index (χ4n) is 0.118. The fourth-order valence-corrected chi connectivity index (χ4v) is 0.118. The molecular weight excluding hydrogens is 94.0 g/mol. The van der Waals surface area contributed by atoms with Gasteiger partial charge in [0.2, 0.25) is 0 Å². The molecule has 0 aromatic carbocycles. The fraction of sp³-hybridized carbons (Fsp3) is 0. The van der Waals surface area contributed by atoms with Crippen LogP contribution in [0, 0.1) is 0 Å². The molecule has 0 spiro atoms. The minimum atomic E-state index is -0.0463. The Morgan fingerprint density at radius 1 is 1.43 bits per heavy atom. The van der Waals surface area contributed by atoms with Gasteiger partial charge in [-0.05, 0) is 0 Å². The van der Waals surface area contributed by atoms with Gasteiger partial charge in [0.15, 0.2) is 6.29 Å². The average molecular weight is 99.1 g/mol. The summed E-state index contributed by atoms with van der Waals surface area (Å²) in [5.74, 6) is 0. The predicted molar refractivity (Wildman–Crippen MR) is 24.4 cm³/mol. The van der Waals surface area contributed by atoms with Crippen LogP contribution in [0.25, 0.3) is 0 Å². The summed E-state index contributed by atoms with van der Waals surface area (Å²) in [6, 6.07) is 0. The van der Waals surface area contributed by atoms with E-state index in [1.165, 1.54) is 0 Å². The molecule has 0 unspecified atom stereocenters. The van der Waals surface area contributed by atoms with E-state index in [9.17, 15) is 9.59 Å². The number of hydrogen-bond acceptors (Lipinski definition) is 3. The molecule has 0 amide bonds. The Morgan fingerprint density at radius 2 is 2.00 bits per heavy atom. The van der Waals surface area contributed by atoms with Crippen molar-refractivity contribution in [3.05, 3.63) is 11.8 Å². The Kier molecular flexibility index (Phi) is 2.59. The van der Waals surface area contributed by atoms with Crippen LogP contribution in [-0.2, 0) is 9.59 Å². The summed E-state index contributed by atoms with van der Waals surface area (Å²) >= 11 is 0. The number of hydrogen-bond donors (Lipinski definition) is 1. The summed E-state index contributed by atoms with van der Waals surface area (Å²) < 4.78 is 0. The zero-order valence-electron chi connectivity index (χ0n) is 3.63. The summed E-state index contributed by atoms with van der Waals surface area (Å²) in [6.07, 6.45) is 1.87. The van der Waals surface area contributed by atoms with Crippen molar-refractivity contribution >= 4 is 12.6 Å². The summed E-state index contributed by atoms with van der Waals surface area (Å²) in [4.78, 5) is 19.0. The number of carbonyl (C=O) groups excluding carboxylic acids is 2. The van der Waals surface area contributed by atoms with Gasteiger partial charge in [0.05, 0.1) is 5.70 Å². The summed E-state index contributed by atoms with van der Waals surface area (Å²) in [7, 11) is 0. The third-order valence-electron chi connectivity index (χ3n) is 0.397. The molecule has 38 valence electrons. The highest BCUT2D eigenvalue weighted by atomic mass is 16.1. The second kappa shape index (κ2) is 3.08. The van der Waals surface area contributed by atoms with E-state index in [1.54, 1.807) is 0 Å². The molecule has 0 rings (SSSR count). The van der Waals surface area contributed by atoms with Gasteiger partial charge in [-0.3, -0.25) is 9.59 Å². The van der Waals surface area contributed by atoms with Crippen molar-refractivity contribution in [3.8, 4) is 0 Å². The molecule has 0 fully saturated rings. The van der Waals surface area contributed by atoms with E-state index in [-0.39, 0.29) is 5.70 Å². The van der Waals surface area contributed by atoms with Gasteiger partial charge >= 0.3 is 0 Å². The van der Waals surface area contributed by atoms with Crippen LogP contribution in [0.1, 0.15) is 0 Å². The van der Waals surface area contributed by atoms with Gasteiger partial charge in [-0.2, -0.15) is 0 Å². The van der Waals surface area contributed by atoms with Gasteiger partial charge in [0, 0.05) is 6.08 Å². The maximum absolute atomic E-state index is 9.54. The largest absolute Gasteiger partial charge is 0.396 e. The minimum Gasteiger partial charge on any atom is -0.396 e. The quantitative estimate of drug-likeness (QED) is 0.365. The second-order valence-corrected chi connectivity index (χ2v) is 0.921. The van der Waals surface area contributed by atoms with Crippen molar-refractivity contribution in [1.29, 1.82) is 0 Å². The Bertz CT molecular complexity index is 106. The molecule has 0 heterocycles. The number of rotatable bonds is 2. The van der Waals surface area contributed by atoms with E-state index in [1.807, 2.05) is 0 Å². The SMILES string of the molecule is N/C(C=O)=C/C=O. The van der Waals surface area contributed by atoms with Gasteiger partial charge in [0.1, 0.15) is 6.29 Å². The van der Waals surface area contributed by atoms with Crippen LogP contribution in [0.4, 0.5) is 0 Å².